The van der Waals surface area contributed by atoms with Gasteiger partial charge in [-0.25, -0.2) is 0 Å². The summed E-state index contributed by atoms with van der Waals surface area (Å²) in [6.07, 6.45) is 8.82. The summed E-state index contributed by atoms with van der Waals surface area (Å²) in [6, 6.07) is 4.68. The van der Waals surface area contributed by atoms with Crippen LogP contribution in [0.15, 0.2) is 47.6 Å². The molecule has 0 aliphatic carbocycles. The van der Waals surface area contributed by atoms with Gasteiger partial charge in [-0.3, -0.25) is 0 Å². The molecule has 1 aromatic rings. The number of allylic oxidation sites excluding steroid dienone is 6. The lowest BCUT2D eigenvalue weighted by atomic mass is 9.75. The lowest BCUT2D eigenvalue weighted by molar-refractivity contribution is 0.636. The zero-order valence-corrected chi connectivity index (χ0v) is 15.0. The fourth-order valence-electron chi connectivity index (χ4n) is 2.51. The Bertz CT molecular complexity index is 569. The Morgan fingerprint density at radius 1 is 1.00 bits per heavy atom. The molecule has 0 radical (unpaired) electrons. The Morgan fingerprint density at radius 3 is 1.95 bits per heavy atom. The molecule has 0 amide bonds. The van der Waals surface area contributed by atoms with Gasteiger partial charge in [0.25, 0.3) is 0 Å². The van der Waals surface area contributed by atoms with Gasteiger partial charge < -0.3 is 0 Å². The number of benzene rings is 1. The molecule has 0 spiro atoms. The average Bonchev–Trinajstić information content (AvgIpc) is 2.43. The highest BCUT2D eigenvalue weighted by Gasteiger charge is 2.25. The van der Waals surface area contributed by atoms with E-state index >= 15 is 0 Å². The number of rotatable bonds is 4. The van der Waals surface area contributed by atoms with Crippen molar-refractivity contribution >= 4 is 0 Å². The highest BCUT2D eigenvalue weighted by molar-refractivity contribution is 5.47. The van der Waals surface area contributed by atoms with Gasteiger partial charge in [0, 0.05) is 5.41 Å². The van der Waals surface area contributed by atoms with E-state index in [1.165, 1.54) is 33.4 Å². The molecule has 0 nitrogen and oxygen atoms in total. The van der Waals surface area contributed by atoms with Gasteiger partial charge in [0.05, 0.1) is 0 Å². The van der Waals surface area contributed by atoms with Crippen LogP contribution in [0.5, 0.6) is 0 Å². The first-order valence-electron chi connectivity index (χ1n) is 7.80. The van der Waals surface area contributed by atoms with Crippen molar-refractivity contribution in [2.75, 3.05) is 0 Å². The SMILES string of the molecule is C/C=C/C(=C\C(C)=C\C)C(C)(C)c1cc(C)c(C)c(C)c1. The second kappa shape index (κ2) is 6.93. The minimum Gasteiger partial charge on any atom is -0.0874 e. The third kappa shape index (κ3) is 3.97. The molecule has 114 valence electrons. The molecule has 0 fully saturated rings. The number of aryl methyl sites for hydroxylation is 2. The number of hydrogen-bond acceptors (Lipinski definition) is 0. The van der Waals surface area contributed by atoms with Crippen molar-refractivity contribution in [1.29, 1.82) is 0 Å². The normalized spacial score (nSPS) is 14.1. The van der Waals surface area contributed by atoms with Crippen LogP contribution in [0.25, 0.3) is 0 Å². The molecule has 0 aliphatic heterocycles. The van der Waals surface area contributed by atoms with Gasteiger partial charge in [0.2, 0.25) is 0 Å². The van der Waals surface area contributed by atoms with Crippen molar-refractivity contribution in [3.05, 3.63) is 69.8 Å². The molecular formula is C21H30. The Labute approximate surface area is 131 Å². The molecule has 0 atom stereocenters. The maximum Gasteiger partial charge on any atom is 0.0146 e. The predicted molar refractivity (Wildman–Crippen MR) is 96.0 cm³/mol. The van der Waals surface area contributed by atoms with Gasteiger partial charge in [0.15, 0.2) is 0 Å². The minimum absolute atomic E-state index is 0. The van der Waals surface area contributed by atoms with Crippen LogP contribution in [-0.2, 0) is 5.41 Å². The first-order valence-corrected chi connectivity index (χ1v) is 7.80. The van der Waals surface area contributed by atoms with Gasteiger partial charge in [-0.1, -0.05) is 55.9 Å². The lowest BCUT2D eigenvalue weighted by Crippen LogP contribution is -2.20. The molecular weight excluding hydrogens is 252 g/mol. The van der Waals surface area contributed by atoms with E-state index in [1.54, 1.807) is 0 Å². The van der Waals surface area contributed by atoms with Crippen molar-refractivity contribution in [3.8, 4) is 0 Å². The van der Waals surface area contributed by atoms with Crippen LogP contribution in [0.2, 0.25) is 0 Å². The summed E-state index contributed by atoms with van der Waals surface area (Å²) in [6.45, 7) is 17.6. The molecule has 0 heteroatoms. The quantitative estimate of drug-likeness (QED) is 0.564. The van der Waals surface area contributed by atoms with Crippen LogP contribution >= 0.6 is 0 Å². The van der Waals surface area contributed by atoms with Gasteiger partial charge >= 0.3 is 0 Å². The predicted octanol–water partition coefficient (Wildman–Crippen LogP) is 6.36. The van der Waals surface area contributed by atoms with Crippen molar-refractivity contribution in [2.24, 2.45) is 0 Å². The second-order valence-electron chi connectivity index (χ2n) is 6.49. The molecule has 1 rings (SSSR count). The summed E-state index contributed by atoms with van der Waals surface area (Å²) in [5.74, 6) is 0. The topological polar surface area (TPSA) is 0 Å². The molecule has 0 saturated heterocycles. The fourth-order valence-corrected chi connectivity index (χ4v) is 2.51. The van der Waals surface area contributed by atoms with E-state index in [4.69, 9.17) is 0 Å². The van der Waals surface area contributed by atoms with E-state index in [9.17, 15) is 0 Å². The molecule has 21 heavy (non-hydrogen) atoms. The van der Waals surface area contributed by atoms with E-state index in [2.05, 4.69) is 91.8 Å². The van der Waals surface area contributed by atoms with Crippen LogP contribution in [0.1, 0.15) is 56.9 Å². The average molecular weight is 282 g/mol. The molecule has 0 aliphatic rings. The Hall–Kier alpha value is -1.56. The first-order chi connectivity index (χ1) is 9.73. The molecule has 0 bridgehead atoms. The molecule has 0 N–H and O–H groups in total. The van der Waals surface area contributed by atoms with Crippen LogP contribution < -0.4 is 0 Å². The van der Waals surface area contributed by atoms with E-state index in [0.29, 0.717) is 0 Å². The van der Waals surface area contributed by atoms with E-state index in [-0.39, 0.29) is 5.41 Å². The monoisotopic (exact) mass is 282 g/mol. The third-order valence-electron chi connectivity index (χ3n) is 4.56. The molecule has 0 saturated carbocycles. The second-order valence-corrected chi connectivity index (χ2v) is 6.49. The largest absolute Gasteiger partial charge is 0.0874 e. The highest BCUT2D eigenvalue weighted by atomic mass is 14.3. The summed E-state index contributed by atoms with van der Waals surface area (Å²) < 4.78 is 0. The minimum atomic E-state index is 0. The van der Waals surface area contributed by atoms with Crippen molar-refractivity contribution in [3.63, 3.8) is 0 Å². The summed E-state index contributed by atoms with van der Waals surface area (Å²) in [5, 5.41) is 0. The van der Waals surface area contributed by atoms with Crippen molar-refractivity contribution in [2.45, 2.75) is 60.8 Å². The summed E-state index contributed by atoms with van der Waals surface area (Å²) >= 11 is 0. The Balaban J connectivity index is 3.46. The van der Waals surface area contributed by atoms with Crippen LogP contribution in [0.3, 0.4) is 0 Å². The van der Waals surface area contributed by atoms with Crippen LogP contribution in [0, 0.1) is 20.8 Å². The van der Waals surface area contributed by atoms with Gasteiger partial charge in [-0.15, -0.1) is 0 Å². The zero-order chi connectivity index (χ0) is 16.2. The maximum atomic E-state index is 2.34. The molecule has 0 heterocycles. The summed E-state index contributed by atoms with van der Waals surface area (Å²) in [7, 11) is 0. The van der Waals surface area contributed by atoms with E-state index < -0.39 is 0 Å². The molecule has 1 aromatic carbocycles. The first kappa shape index (κ1) is 17.5. The fraction of sp³-hybridized carbons (Fsp3) is 0.429. The van der Waals surface area contributed by atoms with Gasteiger partial charge in [-0.05, 0) is 69.4 Å². The zero-order valence-electron chi connectivity index (χ0n) is 15.0. The van der Waals surface area contributed by atoms with Crippen molar-refractivity contribution in [1.82, 2.24) is 0 Å². The van der Waals surface area contributed by atoms with Crippen molar-refractivity contribution < 1.29 is 0 Å². The standard InChI is InChI=1S/C21H30/c1-9-11-19(12-15(3)10-2)21(7,8)20-13-16(4)18(6)17(5)14-20/h9-14H,1-8H3/b11-9+,15-10+,19-12+. The molecule has 0 unspecified atom stereocenters. The third-order valence-corrected chi connectivity index (χ3v) is 4.56. The van der Waals surface area contributed by atoms with Gasteiger partial charge in [0.1, 0.15) is 0 Å². The lowest BCUT2D eigenvalue weighted by Gasteiger charge is -2.29. The summed E-state index contributed by atoms with van der Waals surface area (Å²) in [4.78, 5) is 0. The van der Waals surface area contributed by atoms with Crippen LogP contribution in [-0.4, -0.2) is 0 Å². The highest BCUT2D eigenvalue weighted by Crippen LogP contribution is 2.35. The maximum absolute atomic E-state index is 2.34. The number of hydrogen-bond donors (Lipinski definition) is 0. The smallest absolute Gasteiger partial charge is 0.0146 e. The van der Waals surface area contributed by atoms with Crippen LogP contribution in [0.4, 0.5) is 0 Å². The van der Waals surface area contributed by atoms with E-state index in [1.807, 2.05) is 0 Å². The van der Waals surface area contributed by atoms with E-state index in [0.717, 1.165) is 0 Å². The Morgan fingerprint density at radius 2 is 1.52 bits per heavy atom. The van der Waals surface area contributed by atoms with Gasteiger partial charge in [-0.2, -0.15) is 0 Å². The summed E-state index contributed by atoms with van der Waals surface area (Å²) in [5.41, 5.74) is 8.19. The Kier molecular flexibility index (Phi) is 5.78. The molecule has 0 aromatic heterocycles.